The molecule has 7 heteroatoms. The van der Waals surface area contributed by atoms with E-state index in [0.29, 0.717) is 23.2 Å². The van der Waals surface area contributed by atoms with Crippen LogP contribution >= 0.6 is 34.7 Å². The summed E-state index contributed by atoms with van der Waals surface area (Å²) >= 11 is 8.93. The molecule has 2 aromatic rings. The summed E-state index contributed by atoms with van der Waals surface area (Å²) in [6.07, 6.45) is 1.69. The van der Waals surface area contributed by atoms with E-state index >= 15 is 0 Å². The van der Waals surface area contributed by atoms with Crippen LogP contribution in [-0.4, -0.2) is 35.6 Å². The predicted molar refractivity (Wildman–Crippen MR) is 104 cm³/mol. The first kappa shape index (κ1) is 18.0. The lowest BCUT2D eigenvalue weighted by molar-refractivity contribution is -0.131. The van der Waals surface area contributed by atoms with Crippen LogP contribution < -0.4 is 4.90 Å². The average Bonchev–Trinajstić information content (AvgIpc) is 3.02. The Morgan fingerprint density at radius 3 is 2.84 bits per heavy atom. The van der Waals surface area contributed by atoms with Crippen molar-refractivity contribution in [2.45, 2.75) is 11.4 Å². The summed E-state index contributed by atoms with van der Waals surface area (Å²) in [7, 11) is 0. The lowest BCUT2D eigenvalue weighted by Gasteiger charge is -2.30. The number of anilines is 1. The number of nitrogens with zero attached hydrogens (tertiary/aromatic N) is 2. The zero-order valence-electron chi connectivity index (χ0n) is 13.5. The molecule has 0 bridgehead atoms. The number of benzene rings is 1. The molecule has 0 radical (unpaired) electrons. The number of carbonyl (C=O) groups excluding carboxylic acids is 2. The molecule has 0 fully saturated rings. The molecule has 3 rings (SSSR count). The molecule has 2 amide bonds. The van der Waals surface area contributed by atoms with E-state index in [4.69, 9.17) is 11.6 Å². The van der Waals surface area contributed by atoms with Gasteiger partial charge in [-0.25, -0.2) is 0 Å². The molecule has 2 heterocycles. The van der Waals surface area contributed by atoms with Crippen molar-refractivity contribution >= 4 is 52.2 Å². The monoisotopic (exact) mass is 392 g/mol. The lowest BCUT2D eigenvalue weighted by atomic mass is 10.2. The molecular weight excluding hydrogens is 376 g/mol. The average molecular weight is 393 g/mol. The SMILES string of the molecule is C=CCN(Cc1ccc(Cl)s1)C(=O)CN1C(=O)CSc2ccccc21. The highest BCUT2D eigenvalue weighted by Crippen LogP contribution is 2.34. The van der Waals surface area contributed by atoms with E-state index < -0.39 is 0 Å². The van der Waals surface area contributed by atoms with Crippen LogP contribution in [0.25, 0.3) is 0 Å². The molecule has 0 atom stereocenters. The minimum absolute atomic E-state index is 0.0311. The third-order valence-corrected chi connectivity index (χ3v) is 6.04. The van der Waals surface area contributed by atoms with Crippen molar-refractivity contribution in [3.8, 4) is 0 Å². The molecule has 0 unspecified atom stereocenters. The van der Waals surface area contributed by atoms with E-state index in [1.807, 2.05) is 36.4 Å². The van der Waals surface area contributed by atoms with E-state index in [0.717, 1.165) is 15.5 Å². The Balaban J connectivity index is 1.76. The van der Waals surface area contributed by atoms with Gasteiger partial charge in [0.05, 0.1) is 22.3 Å². The molecule has 25 heavy (non-hydrogen) atoms. The summed E-state index contributed by atoms with van der Waals surface area (Å²) in [5.74, 6) is 0.195. The Kier molecular flexibility index (Phi) is 5.83. The van der Waals surface area contributed by atoms with E-state index in [9.17, 15) is 9.59 Å². The molecule has 1 aliphatic heterocycles. The zero-order chi connectivity index (χ0) is 17.8. The molecule has 1 aromatic heterocycles. The fraction of sp³-hybridized carbons (Fsp3) is 0.222. The minimum Gasteiger partial charge on any atom is -0.332 e. The minimum atomic E-state index is -0.112. The van der Waals surface area contributed by atoms with Gasteiger partial charge in [0.1, 0.15) is 6.54 Å². The highest BCUT2D eigenvalue weighted by Gasteiger charge is 2.27. The van der Waals surface area contributed by atoms with Crippen molar-refractivity contribution in [1.29, 1.82) is 0 Å². The number of thiophene rings is 1. The topological polar surface area (TPSA) is 40.6 Å². The van der Waals surface area contributed by atoms with Crippen molar-refractivity contribution in [2.75, 3.05) is 23.7 Å². The molecule has 0 saturated heterocycles. The Morgan fingerprint density at radius 2 is 2.12 bits per heavy atom. The molecule has 130 valence electrons. The Hall–Kier alpha value is -1.76. The maximum Gasteiger partial charge on any atom is 0.243 e. The molecule has 0 N–H and O–H groups in total. The van der Waals surface area contributed by atoms with Gasteiger partial charge in [-0.3, -0.25) is 9.59 Å². The summed E-state index contributed by atoms with van der Waals surface area (Å²) in [5.41, 5.74) is 0.801. The number of fused-ring (bicyclic) bond motifs is 1. The van der Waals surface area contributed by atoms with Crippen LogP contribution in [0.3, 0.4) is 0 Å². The second-order valence-electron chi connectivity index (χ2n) is 5.51. The highest BCUT2D eigenvalue weighted by atomic mass is 35.5. The van der Waals surface area contributed by atoms with Crippen molar-refractivity contribution in [3.63, 3.8) is 0 Å². The van der Waals surface area contributed by atoms with Gasteiger partial charge in [0.15, 0.2) is 0 Å². The van der Waals surface area contributed by atoms with Gasteiger partial charge in [0.2, 0.25) is 11.8 Å². The first-order valence-corrected chi connectivity index (χ1v) is 9.91. The standard InChI is InChI=1S/C18H17ClN2O2S2/c1-2-9-20(10-13-7-8-16(19)25-13)17(22)11-21-14-5-3-4-6-15(14)24-12-18(21)23/h2-8H,1,9-12H2. The smallest absolute Gasteiger partial charge is 0.243 e. The summed E-state index contributed by atoms with van der Waals surface area (Å²) in [5, 5.41) is 0. The van der Waals surface area contributed by atoms with Gasteiger partial charge in [0.25, 0.3) is 0 Å². The normalized spacial score (nSPS) is 13.5. The summed E-state index contributed by atoms with van der Waals surface area (Å²) in [6, 6.07) is 11.4. The fourth-order valence-electron chi connectivity index (χ4n) is 2.60. The second kappa shape index (κ2) is 8.08. The first-order chi connectivity index (χ1) is 12.1. The van der Waals surface area contributed by atoms with Crippen LogP contribution in [0.1, 0.15) is 4.88 Å². The Labute approximate surface area is 160 Å². The van der Waals surface area contributed by atoms with Gasteiger partial charge in [-0.05, 0) is 24.3 Å². The number of hydrogen-bond acceptors (Lipinski definition) is 4. The van der Waals surface area contributed by atoms with Crippen LogP contribution in [0.5, 0.6) is 0 Å². The molecular formula is C18H17ClN2O2S2. The zero-order valence-corrected chi connectivity index (χ0v) is 15.9. The van der Waals surface area contributed by atoms with Crippen LogP contribution in [0, 0.1) is 0 Å². The van der Waals surface area contributed by atoms with E-state index in [2.05, 4.69) is 6.58 Å². The number of hydrogen-bond donors (Lipinski definition) is 0. The molecule has 0 spiro atoms. The summed E-state index contributed by atoms with van der Waals surface area (Å²) in [4.78, 5) is 30.4. The number of halogens is 1. The van der Waals surface area contributed by atoms with Crippen LogP contribution in [0.2, 0.25) is 4.34 Å². The number of amides is 2. The number of rotatable bonds is 6. The van der Waals surface area contributed by atoms with Gasteiger partial charge >= 0.3 is 0 Å². The van der Waals surface area contributed by atoms with Gasteiger partial charge in [-0.2, -0.15) is 0 Å². The van der Waals surface area contributed by atoms with Gasteiger partial charge in [-0.1, -0.05) is 29.8 Å². The van der Waals surface area contributed by atoms with Crippen molar-refractivity contribution in [1.82, 2.24) is 4.90 Å². The van der Waals surface area contributed by atoms with Gasteiger partial charge in [-0.15, -0.1) is 29.7 Å². The number of thioether (sulfide) groups is 1. The fourth-order valence-corrected chi connectivity index (χ4v) is 4.64. The Morgan fingerprint density at radius 1 is 1.32 bits per heavy atom. The van der Waals surface area contributed by atoms with Gasteiger partial charge in [0, 0.05) is 16.3 Å². The van der Waals surface area contributed by atoms with Crippen molar-refractivity contribution in [3.05, 3.63) is 58.3 Å². The molecule has 0 aliphatic carbocycles. The van der Waals surface area contributed by atoms with Gasteiger partial charge < -0.3 is 9.80 Å². The maximum absolute atomic E-state index is 12.8. The van der Waals surface area contributed by atoms with E-state index in [-0.39, 0.29) is 18.4 Å². The molecule has 0 saturated carbocycles. The van der Waals surface area contributed by atoms with Crippen LogP contribution in [0.4, 0.5) is 5.69 Å². The van der Waals surface area contributed by atoms with Crippen LogP contribution in [0.15, 0.2) is 53.9 Å². The largest absolute Gasteiger partial charge is 0.332 e. The maximum atomic E-state index is 12.8. The predicted octanol–water partition coefficient (Wildman–Crippen LogP) is 4.06. The summed E-state index contributed by atoms with van der Waals surface area (Å²) < 4.78 is 0.693. The third kappa shape index (κ3) is 4.26. The molecule has 1 aliphatic rings. The third-order valence-electron chi connectivity index (χ3n) is 3.78. The van der Waals surface area contributed by atoms with Crippen molar-refractivity contribution < 1.29 is 9.59 Å². The molecule has 4 nitrogen and oxygen atoms in total. The van der Waals surface area contributed by atoms with E-state index in [1.54, 1.807) is 15.9 Å². The Bertz CT molecular complexity index is 806. The highest BCUT2D eigenvalue weighted by molar-refractivity contribution is 8.00. The number of para-hydroxylation sites is 1. The van der Waals surface area contributed by atoms with E-state index in [1.165, 1.54) is 23.1 Å². The lowest BCUT2D eigenvalue weighted by Crippen LogP contribution is -2.44. The molecule has 1 aromatic carbocycles. The number of carbonyl (C=O) groups is 2. The van der Waals surface area contributed by atoms with Crippen LogP contribution in [-0.2, 0) is 16.1 Å². The summed E-state index contributed by atoms with van der Waals surface area (Å²) in [6.45, 7) is 4.64. The quantitative estimate of drug-likeness (QED) is 0.696. The second-order valence-corrected chi connectivity index (χ2v) is 8.32. The van der Waals surface area contributed by atoms with Crippen molar-refractivity contribution in [2.24, 2.45) is 0 Å². The first-order valence-electron chi connectivity index (χ1n) is 7.73.